The standard InChI is InChI=1S/C24H21F5O2/c1-3-4-16-6-8-17(9-7-16)19-11-10-18(13-20(19)25)31-24(28,29)14-30-21-12-5-15(2)22(26)23(21)27/h5-13H,3-4,14H2,1-2H3. The van der Waals surface area contributed by atoms with E-state index in [4.69, 9.17) is 0 Å². The second kappa shape index (κ2) is 9.37. The highest BCUT2D eigenvalue weighted by atomic mass is 19.3. The molecule has 0 fully saturated rings. The van der Waals surface area contributed by atoms with Crippen LogP contribution in [0.3, 0.4) is 0 Å². The van der Waals surface area contributed by atoms with Crippen molar-refractivity contribution in [2.24, 2.45) is 0 Å². The van der Waals surface area contributed by atoms with Crippen molar-refractivity contribution in [3.8, 4) is 22.6 Å². The third kappa shape index (κ3) is 5.54. The molecule has 164 valence electrons. The van der Waals surface area contributed by atoms with Crippen molar-refractivity contribution >= 4 is 0 Å². The maximum absolute atomic E-state index is 14.5. The van der Waals surface area contributed by atoms with E-state index in [0.717, 1.165) is 30.5 Å². The Morgan fingerprint density at radius 3 is 2.23 bits per heavy atom. The molecule has 31 heavy (non-hydrogen) atoms. The molecule has 3 aromatic rings. The maximum Gasteiger partial charge on any atom is 0.433 e. The first-order chi connectivity index (χ1) is 14.7. The molecule has 0 saturated heterocycles. The average Bonchev–Trinajstić information content (AvgIpc) is 2.72. The number of alkyl halides is 2. The van der Waals surface area contributed by atoms with Gasteiger partial charge in [-0.1, -0.05) is 43.7 Å². The van der Waals surface area contributed by atoms with Gasteiger partial charge in [-0.05, 0) is 48.2 Å². The van der Waals surface area contributed by atoms with Crippen molar-refractivity contribution in [3.63, 3.8) is 0 Å². The first-order valence-electron chi connectivity index (χ1n) is 9.73. The van der Waals surface area contributed by atoms with E-state index < -0.39 is 41.7 Å². The Balaban J connectivity index is 1.69. The Morgan fingerprint density at radius 2 is 1.58 bits per heavy atom. The molecule has 0 radical (unpaired) electrons. The number of halogens is 5. The molecule has 3 rings (SSSR count). The molecule has 0 aliphatic rings. The Morgan fingerprint density at radius 1 is 0.871 bits per heavy atom. The van der Waals surface area contributed by atoms with Crippen LogP contribution in [0.1, 0.15) is 24.5 Å². The van der Waals surface area contributed by atoms with Gasteiger partial charge in [-0.2, -0.15) is 13.2 Å². The topological polar surface area (TPSA) is 18.5 Å². The van der Waals surface area contributed by atoms with Crippen LogP contribution in [0.25, 0.3) is 11.1 Å². The molecule has 0 bridgehead atoms. The smallest absolute Gasteiger partial charge is 0.433 e. The van der Waals surface area contributed by atoms with Crippen LogP contribution in [-0.4, -0.2) is 12.7 Å². The lowest BCUT2D eigenvalue weighted by Crippen LogP contribution is -2.32. The van der Waals surface area contributed by atoms with E-state index in [1.807, 2.05) is 12.1 Å². The van der Waals surface area contributed by atoms with Crippen molar-refractivity contribution in [2.45, 2.75) is 32.8 Å². The van der Waals surface area contributed by atoms with E-state index in [-0.39, 0.29) is 11.1 Å². The summed E-state index contributed by atoms with van der Waals surface area (Å²) in [6.07, 6.45) is -2.00. The minimum absolute atomic E-state index is 0.0171. The fourth-order valence-electron chi connectivity index (χ4n) is 3.04. The summed E-state index contributed by atoms with van der Waals surface area (Å²) in [5, 5.41) is 0. The molecule has 0 heterocycles. The van der Waals surface area contributed by atoms with Gasteiger partial charge in [0.05, 0.1) is 0 Å². The highest BCUT2D eigenvalue weighted by Gasteiger charge is 2.34. The Bertz CT molecular complexity index is 1050. The number of hydrogen-bond donors (Lipinski definition) is 0. The first-order valence-corrected chi connectivity index (χ1v) is 9.73. The lowest BCUT2D eigenvalue weighted by atomic mass is 10.0. The molecule has 0 spiro atoms. The summed E-state index contributed by atoms with van der Waals surface area (Å²) in [6, 6.07) is 12.9. The number of ether oxygens (including phenoxy) is 2. The molecular formula is C24H21F5O2. The normalized spacial score (nSPS) is 11.5. The maximum atomic E-state index is 14.5. The van der Waals surface area contributed by atoms with Crippen LogP contribution in [0.5, 0.6) is 11.5 Å². The van der Waals surface area contributed by atoms with Crippen LogP contribution in [0.4, 0.5) is 22.0 Å². The molecule has 7 heteroatoms. The molecule has 0 atom stereocenters. The van der Waals surface area contributed by atoms with E-state index in [2.05, 4.69) is 16.4 Å². The molecule has 0 saturated carbocycles. The highest BCUT2D eigenvalue weighted by Crippen LogP contribution is 2.30. The van der Waals surface area contributed by atoms with Crippen LogP contribution in [0.2, 0.25) is 0 Å². The van der Waals surface area contributed by atoms with E-state index >= 15 is 0 Å². The molecule has 0 aliphatic carbocycles. The van der Waals surface area contributed by atoms with Gasteiger partial charge in [-0.25, -0.2) is 8.78 Å². The molecule has 0 aliphatic heterocycles. The van der Waals surface area contributed by atoms with Crippen molar-refractivity contribution in [3.05, 3.63) is 83.2 Å². The van der Waals surface area contributed by atoms with E-state index in [1.165, 1.54) is 25.1 Å². The molecule has 0 amide bonds. The number of aryl methyl sites for hydroxylation is 2. The summed E-state index contributed by atoms with van der Waals surface area (Å²) >= 11 is 0. The van der Waals surface area contributed by atoms with E-state index in [1.54, 1.807) is 12.1 Å². The van der Waals surface area contributed by atoms with Gasteiger partial charge in [0.1, 0.15) is 11.6 Å². The van der Waals surface area contributed by atoms with Crippen LogP contribution in [0.15, 0.2) is 54.6 Å². The van der Waals surface area contributed by atoms with Crippen molar-refractivity contribution in [2.75, 3.05) is 6.61 Å². The monoisotopic (exact) mass is 436 g/mol. The second-order valence-corrected chi connectivity index (χ2v) is 7.13. The molecule has 2 nitrogen and oxygen atoms in total. The summed E-state index contributed by atoms with van der Waals surface area (Å²) in [4.78, 5) is 0. The van der Waals surface area contributed by atoms with Gasteiger partial charge in [-0.15, -0.1) is 0 Å². The summed E-state index contributed by atoms with van der Waals surface area (Å²) in [6.45, 7) is 2.01. The highest BCUT2D eigenvalue weighted by molar-refractivity contribution is 5.65. The SMILES string of the molecule is CCCc1ccc(-c2ccc(OC(F)(F)COc3ccc(C)c(F)c3F)cc2F)cc1. The van der Waals surface area contributed by atoms with E-state index in [0.29, 0.717) is 5.56 Å². The van der Waals surface area contributed by atoms with Gasteiger partial charge in [0.2, 0.25) is 5.82 Å². The van der Waals surface area contributed by atoms with Crippen molar-refractivity contribution < 1.29 is 31.4 Å². The predicted molar refractivity (Wildman–Crippen MR) is 108 cm³/mol. The zero-order valence-corrected chi connectivity index (χ0v) is 17.0. The molecular weight excluding hydrogens is 415 g/mol. The zero-order chi connectivity index (χ0) is 22.6. The fraction of sp³-hybridized carbons (Fsp3) is 0.250. The summed E-state index contributed by atoms with van der Waals surface area (Å²) in [7, 11) is 0. The van der Waals surface area contributed by atoms with Gasteiger partial charge >= 0.3 is 6.11 Å². The minimum atomic E-state index is -3.90. The van der Waals surface area contributed by atoms with Crippen LogP contribution in [-0.2, 0) is 6.42 Å². The molecule has 0 unspecified atom stereocenters. The van der Waals surface area contributed by atoms with Gasteiger partial charge in [0.15, 0.2) is 18.2 Å². The summed E-state index contributed by atoms with van der Waals surface area (Å²) in [5.74, 6) is -4.37. The number of hydrogen-bond acceptors (Lipinski definition) is 2. The number of rotatable bonds is 8. The summed E-state index contributed by atoms with van der Waals surface area (Å²) < 4.78 is 79.2. The molecule has 0 N–H and O–H groups in total. The van der Waals surface area contributed by atoms with Gasteiger partial charge < -0.3 is 9.47 Å². The second-order valence-electron chi connectivity index (χ2n) is 7.13. The largest absolute Gasteiger partial charge is 0.480 e. The quantitative estimate of drug-likeness (QED) is 0.351. The third-order valence-corrected chi connectivity index (χ3v) is 4.65. The van der Waals surface area contributed by atoms with Gasteiger partial charge in [-0.3, -0.25) is 0 Å². The van der Waals surface area contributed by atoms with Crippen LogP contribution >= 0.6 is 0 Å². The van der Waals surface area contributed by atoms with Crippen LogP contribution in [0, 0.1) is 24.4 Å². The predicted octanol–water partition coefficient (Wildman–Crippen LogP) is 7.08. The van der Waals surface area contributed by atoms with Gasteiger partial charge in [0.25, 0.3) is 0 Å². The van der Waals surface area contributed by atoms with Crippen molar-refractivity contribution in [1.82, 2.24) is 0 Å². The van der Waals surface area contributed by atoms with Crippen LogP contribution < -0.4 is 9.47 Å². The summed E-state index contributed by atoms with van der Waals surface area (Å²) in [5.41, 5.74) is 1.99. The lowest BCUT2D eigenvalue weighted by molar-refractivity contribution is -0.195. The Labute approximate surface area is 177 Å². The lowest BCUT2D eigenvalue weighted by Gasteiger charge is -2.19. The third-order valence-electron chi connectivity index (χ3n) is 4.65. The first kappa shape index (κ1) is 22.6. The molecule has 0 aromatic heterocycles. The minimum Gasteiger partial charge on any atom is -0.480 e. The Hall–Kier alpha value is -3.09. The Kier molecular flexibility index (Phi) is 6.83. The van der Waals surface area contributed by atoms with Gasteiger partial charge in [0, 0.05) is 11.6 Å². The fourth-order valence-corrected chi connectivity index (χ4v) is 3.04. The van der Waals surface area contributed by atoms with Crippen molar-refractivity contribution in [1.29, 1.82) is 0 Å². The average molecular weight is 436 g/mol. The molecule has 3 aromatic carbocycles. The zero-order valence-electron chi connectivity index (χ0n) is 17.0. The van der Waals surface area contributed by atoms with E-state index in [9.17, 15) is 22.0 Å². The number of benzene rings is 3.